The van der Waals surface area contributed by atoms with E-state index in [1.807, 2.05) is 30.3 Å². The zero-order valence-electron chi connectivity index (χ0n) is 13.3. The maximum atomic E-state index is 11.0. The molecule has 0 aliphatic carbocycles. The number of carbonyl (C=O) groups excluding carboxylic acids is 2. The van der Waals surface area contributed by atoms with Crippen molar-refractivity contribution in [3.05, 3.63) is 35.9 Å². The number of carboxylic acid groups (broad SMARTS) is 2. The van der Waals surface area contributed by atoms with Gasteiger partial charge in [-0.2, -0.15) is 0 Å². The Hall–Kier alpha value is -2.94. The number of carbonyl (C=O) groups is 4. The number of aliphatic carboxylic acids is 2. The van der Waals surface area contributed by atoms with Gasteiger partial charge in [-0.3, -0.25) is 0 Å². The summed E-state index contributed by atoms with van der Waals surface area (Å²) in [4.78, 5) is 42.7. The van der Waals surface area contributed by atoms with Crippen LogP contribution in [-0.2, 0) is 35.2 Å². The van der Waals surface area contributed by atoms with Crippen molar-refractivity contribution in [2.24, 2.45) is 0 Å². The molecular weight excluding hydrogens is 334 g/mol. The van der Waals surface area contributed by atoms with Gasteiger partial charge in [0.1, 0.15) is 6.61 Å². The van der Waals surface area contributed by atoms with Crippen LogP contribution in [0.2, 0.25) is 0 Å². The van der Waals surface area contributed by atoms with Crippen LogP contribution in [0, 0.1) is 0 Å². The Kier molecular flexibility index (Phi) is 8.66. The van der Waals surface area contributed by atoms with Crippen molar-refractivity contribution in [1.82, 2.24) is 5.32 Å². The van der Waals surface area contributed by atoms with Crippen LogP contribution < -0.4 is 5.32 Å². The molecule has 9 heteroatoms. The van der Waals surface area contributed by atoms with E-state index < -0.39 is 23.9 Å². The second-order valence-corrected chi connectivity index (χ2v) is 5.05. The lowest BCUT2D eigenvalue weighted by Crippen LogP contribution is -2.35. The molecule has 0 aromatic heterocycles. The van der Waals surface area contributed by atoms with Gasteiger partial charge in [0.2, 0.25) is 0 Å². The van der Waals surface area contributed by atoms with E-state index in [9.17, 15) is 19.2 Å². The fraction of sp³-hybridized carbons (Fsp3) is 0.375. The molecule has 9 nitrogen and oxygen atoms in total. The predicted molar refractivity (Wildman–Crippen MR) is 83.5 cm³/mol. The van der Waals surface area contributed by atoms with Crippen molar-refractivity contribution >= 4 is 23.9 Å². The fourth-order valence-electron chi connectivity index (χ4n) is 1.90. The topological polar surface area (TPSA) is 139 Å². The van der Waals surface area contributed by atoms with Gasteiger partial charge in [0.15, 0.2) is 0 Å². The molecule has 0 saturated heterocycles. The summed E-state index contributed by atoms with van der Waals surface area (Å²) < 4.78 is 9.18. The van der Waals surface area contributed by atoms with Gasteiger partial charge in [0.25, 0.3) is 0 Å². The van der Waals surface area contributed by atoms with Crippen molar-refractivity contribution in [3.63, 3.8) is 0 Å². The van der Waals surface area contributed by atoms with Crippen molar-refractivity contribution in [3.8, 4) is 0 Å². The molecule has 1 aromatic carbocycles. The Morgan fingerprint density at radius 1 is 0.960 bits per heavy atom. The van der Waals surface area contributed by atoms with Gasteiger partial charge in [0.05, 0.1) is 6.61 Å². The highest BCUT2D eigenvalue weighted by Crippen LogP contribution is 2.04. The van der Waals surface area contributed by atoms with Gasteiger partial charge in [-0.1, -0.05) is 30.3 Å². The number of benzene rings is 1. The van der Waals surface area contributed by atoms with Crippen molar-refractivity contribution < 1.29 is 38.9 Å². The number of esters is 2. The van der Waals surface area contributed by atoms with Gasteiger partial charge in [-0.25, -0.2) is 19.2 Å². The van der Waals surface area contributed by atoms with Crippen LogP contribution >= 0.6 is 0 Å². The van der Waals surface area contributed by atoms with E-state index >= 15 is 0 Å². The maximum absolute atomic E-state index is 11.0. The van der Waals surface area contributed by atoms with Gasteiger partial charge in [0, 0.05) is 12.6 Å². The van der Waals surface area contributed by atoms with Crippen molar-refractivity contribution in [2.75, 3.05) is 13.2 Å². The summed E-state index contributed by atoms with van der Waals surface area (Å²) in [5.74, 6) is -6.05. The molecule has 0 heterocycles. The Morgan fingerprint density at radius 3 is 2.16 bits per heavy atom. The molecule has 1 aromatic rings. The van der Waals surface area contributed by atoms with Crippen LogP contribution in [0.3, 0.4) is 0 Å². The zero-order chi connectivity index (χ0) is 18.7. The number of hydrogen-bond donors (Lipinski definition) is 3. The molecule has 0 bridgehead atoms. The summed E-state index contributed by atoms with van der Waals surface area (Å²) in [6.07, 6.45) is 0.697. The lowest BCUT2D eigenvalue weighted by Gasteiger charge is -2.18. The molecule has 0 saturated carbocycles. The summed E-state index contributed by atoms with van der Waals surface area (Å²) in [5.41, 5.74) is 0.981. The predicted octanol–water partition coefficient (Wildman–Crippen LogP) is 0.181. The summed E-state index contributed by atoms with van der Waals surface area (Å²) in [5, 5.41) is 20.0. The minimum atomic E-state index is -1.68. The summed E-state index contributed by atoms with van der Waals surface area (Å²) >= 11 is 0. The standard InChI is InChI=1S/C16H19NO8/c18-13(19)15(22)24-8-4-7-12(10-25-16(23)14(20)21)17-9-11-5-2-1-3-6-11/h1-3,5-6,12,17H,4,7-10H2,(H,18,19)(H,20,21)/t12-/m0/s1. The monoisotopic (exact) mass is 353 g/mol. The molecule has 1 atom stereocenters. The van der Waals surface area contributed by atoms with Gasteiger partial charge < -0.3 is 25.0 Å². The first-order valence-electron chi connectivity index (χ1n) is 7.47. The third-order valence-corrected chi connectivity index (χ3v) is 3.13. The van der Waals surface area contributed by atoms with E-state index in [1.165, 1.54) is 0 Å². The molecule has 0 unspecified atom stereocenters. The van der Waals surface area contributed by atoms with E-state index in [1.54, 1.807) is 0 Å². The quantitative estimate of drug-likeness (QED) is 0.322. The average molecular weight is 353 g/mol. The highest BCUT2D eigenvalue weighted by Gasteiger charge is 2.17. The van der Waals surface area contributed by atoms with Crippen LogP contribution in [0.5, 0.6) is 0 Å². The minimum Gasteiger partial charge on any atom is -0.473 e. The van der Waals surface area contributed by atoms with Gasteiger partial charge in [-0.05, 0) is 18.4 Å². The lowest BCUT2D eigenvalue weighted by molar-refractivity contribution is -0.164. The molecule has 1 rings (SSSR count). The maximum Gasteiger partial charge on any atom is 0.417 e. The van der Waals surface area contributed by atoms with E-state index in [4.69, 9.17) is 10.2 Å². The average Bonchev–Trinajstić information content (AvgIpc) is 2.60. The number of rotatable bonds is 9. The van der Waals surface area contributed by atoms with Crippen LogP contribution in [0.25, 0.3) is 0 Å². The minimum absolute atomic E-state index is 0.110. The van der Waals surface area contributed by atoms with E-state index in [-0.39, 0.29) is 19.3 Å². The Bertz CT molecular complexity index is 601. The molecule has 0 radical (unpaired) electrons. The first-order chi connectivity index (χ1) is 11.9. The number of nitrogens with one attached hydrogen (secondary N) is 1. The van der Waals surface area contributed by atoms with E-state index in [0.717, 1.165) is 5.56 Å². The van der Waals surface area contributed by atoms with E-state index in [0.29, 0.717) is 19.4 Å². The summed E-state index contributed by atoms with van der Waals surface area (Å²) in [6, 6.07) is 8.99. The second kappa shape index (κ2) is 10.8. The summed E-state index contributed by atoms with van der Waals surface area (Å²) in [7, 11) is 0. The molecule has 0 fully saturated rings. The number of hydrogen-bond acceptors (Lipinski definition) is 7. The molecule has 25 heavy (non-hydrogen) atoms. The highest BCUT2D eigenvalue weighted by molar-refractivity contribution is 6.29. The molecule has 136 valence electrons. The number of carboxylic acids is 2. The summed E-state index contributed by atoms with van der Waals surface area (Å²) in [6.45, 7) is 0.178. The largest absolute Gasteiger partial charge is 0.473 e. The number of ether oxygens (including phenoxy) is 2. The Balaban J connectivity index is 2.46. The first-order valence-corrected chi connectivity index (χ1v) is 7.47. The van der Waals surface area contributed by atoms with Crippen LogP contribution in [-0.4, -0.2) is 53.3 Å². The molecule has 0 amide bonds. The van der Waals surface area contributed by atoms with Gasteiger partial charge >= 0.3 is 23.9 Å². The highest BCUT2D eigenvalue weighted by atomic mass is 16.6. The molecular formula is C16H19NO8. The Morgan fingerprint density at radius 2 is 1.56 bits per heavy atom. The van der Waals surface area contributed by atoms with E-state index in [2.05, 4.69) is 14.8 Å². The van der Waals surface area contributed by atoms with Gasteiger partial charge in [-0.15, -0.1) is 0 Å². The Labute approximate surface area is 143 Å². The molecule has 3 N–H and O–H groups in total. The first kappa shape index (κ1) is 20.1. The fourth-order valence-corrected chi connectivity index (χ4v) is 1.90. The third kappa shape index (κ3) is 8.47. The van der Waals surface area contributed by atoms with Crippen molar-refractivity contribution in [1.29, 1.82) is 0 Å². The smallest absolute Gasteiger partial charge is 0.417 e. The SMILES string of the molecule is O=C(O)C(=O)OCCC[C@@H](COC(=O)C(=O)O)NCc1ccccc1. The van der Waals surface area contributed by atoms with Crippen LogP contribution in [0.15, 0.2) is 30.3 Å². The molecule has 0 aliphatic heterocycles. The van der Waals surface area contributed by atoms with Crippen LogP contribution in [0.1, 0.15) is 18.4 Å². The zero-order valence-corrected chi connectivity index (χ0v) is 13.3. The lowest BCUT2D eigenvalue weighted by atomic mass is 10.1. The van der Waals surface area contributed by atoms with Crippen LogP contribution in [0.4, 0.5) is 0 Å². The second-order valence-electron chi connectivity index (χ2n) is 5.05. The third-order valence-electron chi connectivity index (χ3n) is 3.13. The molecule has 0 aliphatic rings. The normalized spacial score (nSPS) is 11.4. The molecule has 0 spiro atoms. The van der Waals surface area contributed by atoms with Crippen molar-refractivity contribution in [2.45, 2.75) is 25.4 Å².